The van der Waals surface area contributed by atoms with Crippen molar-refractivity contribution in [1.29, 1.82) is 0 Å². The molecule has 0 saturated heterocycles. The summed E-state index contributed by atoms with van der Waals surface area (Å²) in [5, 5.41) is 0. The molecular formula is C11H9ClIN3S. The van der Waals surface area contributed by atoms with E-state index in [4.69, 9.17) is 17.3 Å². The summed E-state index contributed by atoms with van der Waals surface area (Å²) in [7, 11) is 0. The quantitative estimate of drug-likeness (QED) is 0.807. The van der Waals surface area contributed by atoms with Crippen molar-refractivity contribution in [1.82, 2.24) is 9.97 Å². The number of nitrogens with two attached hydrogens (primary N) is 1. The fraction of sp³-hybridized carbons (Fsp3) is 0.273. The van der Waals surface area contributed by atoms with Crippen LogP contribution in [-0.2, 0) is 0 Å². The van der Waals surface area contributed by atoms with E-state index in [-0.39, 0.29) is 0 Å². The molecule has 0 bridgehead atoms. The van der Waals surface area contributed by atoms with E-state index in [0.29, 0.717) is 17.6 Å². The van der Waals surface area contributed by atoms with Crippen LogP contribution in [0.15, 0.2) is 12.1 Å². The molecule has 1 aliphatic rings. The molecule has 0 spiro atoms. The number of thiophene rings is 1. The van der Waals surface area contributed by atoms with Crippen molar-refractivity contribution in [3.05, 3.63) is 25.7 Å². The Kier molecular flexibility index (Phi) is 3.00. The molecule has 2 aromatic rings. The van der Waals surface area contributed by atoms with Crippen LogP contribution in [0.3, 0.4) is 0 Å². The smallest absolute Gasteiger partial charge is 0.171 e. The maximum absolute atomic E-state index is 5.94. The highest BCUT2D eigenvalue weighted by atomic mass is 127. The van der Waals surface area contributed by atoms with E-state index in [1.807, 2.05) is 12.1 Å². The molecule has 2 N–H and O–H groups in total. The minimum Gasteiger partial charge on any atom is -0.383 e. The Morgan fingerprint density at radius 1 is 1.35 bits per heavy atom. The molecule has 3 nitrogen and oxygen atoms in total. The Morgan fingerprint density at radius 2 is 2.12 bits per heavy atom. The summed E-state index contributed by atoms with van der Waals surface area (Å²) in [5.41, 5.74) is 7.04. The molecule has 17 heavy (non-hydrogen) atoms. The Balaban J connectivity index is 2.11. The van der Waals surface area contributed by atoms with Crippen LogP contribution in [0.4, 0.5) is 5.82 Å². The van der Waals surface area contributed by atoms with Gasteiger partial charge in [0, 0.05) is 5.92 Å². The van der Waals surface area contributed by atoms with Gasteiger partial charge in [-0.15, -0.1) is 11.3 Å². The van der Waals surface area contributed by atoms with E-state index < -0.39 is 0 Å². The van der Waals surface area contributed by atoms with Crippen LogP contribution in [0.5, 0.6) is 0 Å². The second kappa shape index (κ2) is 4.37. The molecular weight excluding hydrogens is 369 g/mol. The van der Waals surface area contributed by atoms with Gasteiger partial charge in [-0.2, -0.15) is 0 Å². The number of halogens is 2. The number of nitrogens with zero attached hydrogens (tertiary/aromatic N) is 2. The Morgan fingerprint density at radius 3 is 2.71 bits per heavy atom. The van der Waals surface area contributed by atoms with Gasteiger partial charge in [0.15, 0.2) is 5.82 Å². The first kappa shape index (κ1) is 11.7. The zero-order valence-corrected chi connectivity index (χ0v) is 12.5. The molecule has 1 fully saturated rings. The van der Waals surface area contributed by atoms with Crippen LogP contribution in [-0.4, -0.2) is 9.97 Å². The van der Waals surface area contributed by atoms with Crippen LogP contribution in [0.25, 0.3) is 10.7 Å². The number of hydrogen-bond acceptors (Lipinski definition) is 4. The summed E-state index contributed by atoms with van der Waals surface area (Å²) in [6, 6.07) is 3.79. The van der Waals surface area contributed by atoms with Gasteiger partial charge < -0.3 is 5.73 Å². The number of anilines is 1. The van der Waals surface area contributed by atoms with Gasteiger partial charge >= 0.3 is 0 Å². The fourth-order valence-electron chi connectivity index (χ4n) is 1.65. The first-order valence-electron chi connectivity index (χ1n) is 5.24. The summed E-state index contributed by atoms with van der Waals surface area (Å²) in [5.74, 6) is 1.84. The Hall–Kier alpha value is -0.400. The van der Waals surface area contributed by atoms with Crippen LogP contribution >= 0.6 is 45.5 Å². The van der Waals surface area contributed by atoms with E-state index in [1.165, 1.54) is 24.2 Å². The third-order valence-corrected chi connectivity index (χ3v) is 4.99. The third-order valence-electron chi connectivity index (χ3n) is 2.66. The Bertz CT molecular complexity index is 580. The van der Waals surface area contributed by atoms with E-state index in [9.17, 15) is 0 Å². The van der Waals surface area contributed by atoms with Gasteiger partial charge in [-0.3, -0.25) is 0 Å². The number of hydrogen-bond donors (Lipinski definition) is 1. The van der Waals surface area contributed by atoms with E-state index in [1.54, 1.807) is 0 Å². The van der Waals surface area contributed by atoms with Crippen molar-refractivity contribution in [2.45, 2.75) is 18.8 Å². The van der Waals surface area contributed by atoms with Crippen LogP contribution < -0.4 is 5.73 Å². The maximum atomic E-state index is 5.94. The second-order valence-electron chi connectivity index (χ2n) is 4.01. The van der Waals surface area contributed by atoms with Gasteiger partial charge in [0.25, 0.3) is 0 Å². The molecule has 0 amide bonds. The second-order valence-corrected chi connectivity index (χ2v) is 6.80. The van der Waals surface area contributed by atoms with Crippen molar-refractivity contribution in [2.75, 3.05) is 5.73 Å². The molecule has 1 aliphatic carbocycles. The van der Waals surface area contributed by atoms with Gasteiger partial charge in [0.05, 0.1) is 18.5 Å². The lowest BCUT2D eigenvalue weighted by Crippen LogP contribution is -2.03. The van der Waals surface area contributed by atoms with Crippen LogP contribution in [0, 0.1) is 3.57 Å². The van der Waals surface area contributed by atoms with Gasteiger partial charge in [-0.25, -0.2) is 9.97 Å². The fourth-order valence-corrected chi connectivity index (χ4v) is 3.31. The van der Waals surface area contributed by atoms with Gasteiger partial charge in [0.2, 0.25) is 0 Å². The molecule has 2 aromatic heterocycles. The highest BCUT2D eigenvalue weighted by Gasteiger charge is 2.29. The lowest BCUT2D eigenvalue weighted by Gasteiger charge is -2.06. The topological polar surface area (TPSA) is 51.8 Å². The average molecular weight is 378 g/mol. The largest absolute Gasteiger partial charge is 0.383 e. The predicted octanol–water partition coefficient (Wildman–Crippen LogP) is 3.92. The molecule has 1 saturated carbocycles. The zero-order valence-electron chi connectivity index (χ0n) is 8.78. The van der Waals surface area contributed by atoms with Crippen molar-refractivity contribution in [3.8, 4) is 10.7 Å². The predicted molar refractivity (Wildman–Crippen MR) is 79.5 cm³/mol. The molecule has 88 valence electrons. The van der Waals surface area contributed by atoms with Gasteiger partial charge in [0.1, 0.15) is 5.82 Å². The van der Waals surface area contributed by atoms with E-state index >= 15 is 0 Å². The summed E-state index contributed by atoms with van der Waals surface area (Å²) in [4.78, 5) is 9.94. The minimum absolute atomic E-state index is 0.571. The standard InChI is InChI=1S/C11H9ClIN3S/c12-7-4-3-6(17-7)11-15-9(5-1-2-5)8(13)10(14)16-11/h3-5H,1-2H2,(H2,14,15,16). The van der Waals surface area contributed by atoms with E-state index in [0.717, 1.165) is 18.5 Å². The van der Waals surface area contributed by atoms with Crippen molar-refractivity contribution in [3.63, 3.8) is 0 Å². The lowest BCUT2D eigenvalue weighted by molar-refractivity contribution is 0.985. The highest BCUT2D eigenvalue weighted by molar-refractivity contribution is 14.1. The molecule has 0 radical (unpaired) electrons. The van der Waals surface area contributed by atoms with Crippen LogP contribution in [0.1, 0.15) is 24.5 Å². The number of aromatic nitrogens is 2. The monoisotopic (exact) mass is 377 g/mol. The summed E-state index contributed by atoms with van der Waals surface area (Å²) in [6.45, 7) is 0. The number of nitrogen functional groups attached to an aromatic ring is 1. The lowest BCUT2D eigenvalue weighted by atomic mass is 10.2. The Labute approximate surface area is 122 Å². The SMILES string of the molecule is Nc1nc(-c2ccc(Cl)s2)nc(C2CC2)c1I. The summed E-state index contributed by atoms with van der Waals surface area (Å²) in [6.07, 6.45) is 2.41. The van der Waals surface area contributed by atoms with E-state index in [2.05, 4.69) is 32.6 Å². The van der Waals surface area contributed by atoms with Crippen molar-refractivity contribution >= 4 is 51.3 Å². The normalized spacial score (nSPS) is 15.2. The summed E-state index contributed by atoms with van der Waals surface area (Å²) >= 11 is 9.63. The molecule has 0 aromatic carbocycles. The van der Waals surface area contributed by atoms with Crippen LogP contribution in [0.2, 0.25) is 4.34 Å². The molecule has 0 unspecified atom stereocenters. The van der Waals surface area contributed by atoms with Crippen molar-refractivity contribution in [2.24, 2.45) is 0 Å². The van der Waals surface area contributed by atoms with Gasteiger partial charge in [-0.05, 0) is 47.6 Å². The number of rotatable bonds is 2. The first-order chi connectivity index (χ1) is 8.15. The maximum Gasteiger partial charge on any atom is 0.171 e. The highest BCUT2D eigenvalue weighted by Crippen LogP contribution is 2.43. The van der Waals surface area contributed by atoms with Gasteiger partial charge in [-0.1, -0.05) is 11.6 Å². The third kappa shape index (κ3) is 2.28. The minimum atomic E-state index is 0.571. The van der Waals surface area contributed by atoms with Crippen molar-refractivity contribution < 1.29 is 0 Å². The molecule has 0 aliphatic heterocycles. The molecule has 3 rings (SSSR count). The molecule has 6 heteroatoms. The first-order valence-corrected chi connectivity index (χ1v) is 7.51. The molecule has 0 atom stereocenters. The average Bonchev–Trinajstić information content (AvgIpc) is 3.05. The zero-order chi connectivity index (χ0) is 12.0. The molecule has 2 heterocycles. The summed E-state index contributed by atoms with van der Waals surface area (Å²) < 4.78 is 1.74.